The molecule has 2 fully saturated rings. The SMILES string of the molecule is Cc1cc(/C=C/C[C@H]2OC(CO)[C@@H](O)C(O)C2O)cc(C)c1/C=C/CC1OCC(O)C[C@@H]1O. The van der Waals surface area contributed by atoms with E-state index >= 15 is 0 Å². The molecule has 6 N–H and O–H groups in total. The first-order chi connectivity index (χ1) is 15.7. The topological polar surface area (TPSA) is 140 Å². The molecule has 8 heteroatoms. The van der Waals surface area contributed by atoms with Gasteiger partial charge in [-0.3, -0.25) is 0 Å². The zero-order chi connectivity index (χ0) is 24.1. The minimum absolute atomic E-state index is 0.248. The van der Waals surface area contributed by atoms with Gasteiger partial charge in [-0.2, -0.15) is 0 Å². The highest BCUT2D eigenvalue weighted by atomic mass is 16.5. The third kappa shape index (κ3) is 6.49. The molecule has 8 atom stereocenters. The summed E-state index contributed by atoms with van der Waals surface area (Å²) in [5, 5.41) is 58.8. The summed E-state index contributed by atoms with van der Waals surface area (Å²) in [7, 11) is 0. The smallest absolute Gasteiger partial charge is 0.111 e. The Kier molecular flexibility index (Phi) is 9.20. The standard InChI is InChI=1S/C25H36O8/c1-14-9-16(5-3-8-21-23(29)25(31)24(30)22(12-26)33-21)10-15(2)18(14)6-4-7-20-19(28)11-17(27)13-32-20/h3-6,9-10,17,19-31H,7-8,11-13H2,1-2H3/b5-3+,6-4+/t17?,19-,20?,21+,22?,23?,24+,25?/m0/s1. The van der Waals surface area contributed by atoms with Crippen LogP contribution in [-0.4, -0.2) is 92.7 Å². The van der Waals surface area contributed by atoms with Crippen molar-refractivity contribution < 1.29 is 40.1 Å². The van der Waals surface area contributed by atoms with Crippen molar-refractivity contribution in [2.75, 3.05) is 13.2 Å². The van der Waals surface area contributed by atoms with Crippen LogP contribution in [-0.2, 0) is 9.47 Å². The summed E-state index contributed by atoms with van der Waals surface area (Å²) in [5.41, 5.74) is 4.23. The molecule has 0 aliphatic carbocycles. The van der Waals surface area contributed by atoms with Gasteiger partial charge in [0.2, 0.25) is 0 Å². The van der Waals surface area contributed by atoms with Crippen LogP contribution in [0.3, 0.4) is 0 Å². The molecule has 0 aromatic heterocycles. The van der Waals surface area contributed by atoms with Crippen LogP contribution < -0.4 is 0 Å². The van der Waals surface area contributed by atoms with Crippen LogP contribution in [0.1, 0.15) is 41.5 Å². The third-order valence-electron chi connectivity index (χ3n) is 6.38. The van der Waals surface area contributed by atoms with Crippen LogP contribution in [0.25, 0.3) is 12.2 Å². The van der Waals surface area contributed by atoms with Gasteiger partial charge in [-0.1, -0.05) is 36.4 Å². The number of hydrogen-bond acceptors (Lipinski definition) is 8. The average Bonchev–Trinajstić information content (AvgIpc) is 2.77. The summed E-state index contributed by atoms with van der Waals surface area (Å²) in [6, 6.07) is 4.08. The first-order valence-corrected chi connectivity index (χ1v) is 11.4. The van der Waals surface area contributed by atoms with Crippen molar-refractivity contribution >= 4 is 12.2 Å². The van der Waals surface area contributed by atoms with Crippen LogP contribution in [0.4, 0.5) is 0 Å². The average molecular weight is 465 g/mol. The fourth-order valence-electron chi connectivity index (χ4n) is 4.47. The summed E-state index contributed by atoms with van der Waals surface area (Å²) in [6.45, 7) is 3.85. The minimum atomic E-state index is -1.37. The van der Waals surface area contributed by atoms with Crippen molar-refractivity contribution in [3.05, 3.63) is 46.5 Å². The van der Waals surface area contributed by atoms with Gasteiger partial charge < -0.3 is 40.1 Å². The maximum atomic E-state index is 10.2. The normalized spacial score (nSPS) is 35.5. The van der Waals surface area contributed by atoms with E-state index in [-0.39, 0.29) is 12.7 Å². The molecule has 5 unspecified atom stereocenters. The second kappa shape index (κ2) is 11.7. The molecule has 2 heterocycles. The highest BCUT2D eigenvalue weighted by molar-refractivity contribution is 5.63. The maximum absolute atomic E-state index is 10.2. The van der Waals surface area contributed by atoms with Gasteiger partial charge in [0, 0.05) is 6.42 Å². The van der Waals surface area contributed by atoms with E-state index in [1.807, 2.05) is 50.3 Å². The lowest BCUT2D eigenvalue weighted by Gasteiger charge is -2.39. The zero-order valence-electron chi connectivity index (χ0n) is 19.1. The van der Waals surface area contributed by atoms with Gasteiger partial charge in [0.1, 0.15) is 24.4 Å². The number of rotatable bonds is 7. The van der Waals surface area contributed by atoms with Crippen LogP contribution in [0.5, 0.6) is 0 Å². The summed E-state index contributed by atoms with van der Waals surface area (Å²) in [5.74, 6) is 0. The number of aryl methyl sites for hydroxylation is 2. The molecular weight excluding hydrogens is 428 g/mol. The van der Waals surface area contributed by atoms with E-state index in [2.05, 4.69) is 0 Å². The molecule has 1 aromatic carbocycles. The number of aliphatic hydroxyl groups is 6. The van der Waals surface area contributed by atoms with Crippen molar-refractivity contribution in [3.63, 3.8) is 0 Å². The predicted octanol–water partition coefficient (Wildman–Crippen LogP) is 0.463. The van der Waals surface area contributed by atoms with Crippen LogP contribution in [0.2, 0.25) is 0 Å². The Labute approximate surface area is 194 Å². The van der Waals surface area contributed by atoms with Crippen molar-refractivity contribution in [1.29, 1.82) is 0 Å². The van der Waals surface area contributed by atoms with Crippen molar-refractivity contribution in [3.8, 4) is 0 Å². The largest absolute Gasteiger partial charge is 0.394 e. The summed E-state index contributed by atoms with van der Waals surface area (Å²) in [6.07, 6.45) is 1.81. The Balaban J connectivity index is 1.60. The van der Waals surface area contributed by atoms with E-state index < -0.39 is 49.3 Å². The van der Waals surface area contributed by atoms with Gasteiger partial charge in [0.15, 0.2) is 0 Å². The summed E-state index contributed by atoms with van der Waals surface area (Å²) in [4.78, 5) is 0. The van der Waals surface area contributed by atoms with Crippen molar-refractivity contribution in [2.24, 2.45) is 0 Å². The molecule has 2 saturated heterocycles. The monoisotopic (exact) mass is 464 g/mol. The summed E-state index contributed by atoms with van der Waals surface area (Å²) < 4.78 is 11.0. The molecule has 0 spiro atoms. The molecule has 0 saturated carbocycles. The predicted molar refractivity (Wildman–Crippen MR) is 123 cm³/mol. The van der Waals surface area contributed by atoms with Crippen LogP contribution in [0, 0.1) is 13.8 Å². The Morgan fingerprint density at radius 3 is 2.09 bits per heavy atom. The molecule has 0 amide bonds. The fraction of sp³-hybridized carbons (Fsp3) is 0.600. The minimum Gasteiger partial charge on any atom is -0.394 e. The van der Waals surface area contributed by atoms with Crippen LogP contribution >= 0.6 is 0 Å². The second-order valence-electron chi connectivity index (χ2n) is 9.04. The first-order valence-electron chi connectivity index (χ1n) is 11.4. The van der Waals surface area contributed by atoms with Gasteiger partial charge in [0.05, 0.1) is 37.6 Å². The molecule has 0 radical (unpaired) electrons. The molecular formula is C25H36O8. The van der Waals surface area contributed by atoms with Crippen molar-refractivity contribution in [1.82, 2.24) is 0 Å². The lowest BCUT2D eigenvalue weighted by Crippen LogP contribution is -2.58. The van der Waals surface area contributed by atoms with Gasteiger partial charge in [0.25, 0.3) is 0 Å². The number of hydrogen-bond donors (Lipinski definition) is 6. The molecule has 2 aliphatic heterocycles. The quantitative estimate of drug-likeness (QED) is 0.342. The van der Waals surface area contributed by atoms with E-state index in [0.717, 1.165) is 22.3 Å². The van der Waals surface area contributed by atoms with E-state index in [4.69, 9.17) is 9.47 Å². The lowest BCUT2D eigenvalue weighted by atomic mass is 9.93. The lowest BCUT2D eigenvalue weighted by molar-refractivity contribution is -0.227. The molecule has 0 bridgehead atoms. The van der Waals surface area contributed by atoms with Gasteiger partial charge >= 0.3 is 0 Å². The third-order valence-corrected chi connectivity index (χ3v) is 6.38. The number of benzene rings is 1. The van der Waals surface area contributed by atoms with Crippen molar-refractivity contribution in [2.45, 2.75) is 81.9 Å². The Hall–Kier alpha value is -1.62. The Morgan fingerprint density at radius 1 is 0.848 bits per heavy atom. The summed E-state index contributed by atoms with van der Waals surface area (Å²) >= 11 is 0. The Morgan fingerprint density at radius 2 is 1.45 bits per heavy atom. The molecule has 184 valence electrons. The van der Waals surface area contributed by atoms with Gasteiger partial charge in [-0.15, -0.1) is 0 Å². The molecule has 1 aromatic rings. The highest BCUT2D eigenvalue weighted by Crippen LogP contribution is 2.25. The van der Waals surface area contributed by atoms with E-state index in [0.29, 0.717) is 19.3 Å². The van der Waals surface area contributed by atoms with E-state index in [1.165, 1.54) is 0 Å². The second-order valence-corrected chi connectivity index (χ2v) is 9.04. The van der Waals surface area contributed by atoms with Gasteiger partial charge in [-0.05, 0) is 48.9 Å². The van der Waals surface area contributed by atoms with E-state index in [9.17, 15) is 30.6 Å². The van der Waals surface area contributed by atoms with Gasteiger partial charge in [-0.25, -0.2) is 0 Å². The Bertz CT molecular complexity index is 813. The van der Waals surface area contributed by atoms with Crippen LogP contribution in [0.15, 0.2) is 24.3 Å². The molecule has 8 nitrogen and oxygen atoms in total. The first kappa shape index (κ1) is 26.0. The van der Waals surface area contributed by atoms with E-state index in [1.54, 1.807) is 0 Å². The maximum Gasteiger partial charge on any atom is 0.111 e. The number of ether oxygens (including phenoxy) is 2. The zero-order valence-corrected chi connectivity index (χ0v) is 19.1. The number of aliphatic hydroxyl groups excluding tert-OH is 6. The molecule has 2 aliphatic rings. The fourth-order valence-corrected chi connectivity index (χ4v) is 4.47. The highest BCUT2D eigenvalue weighted by Gasteiger charge is 2.42. The molecule has 3 rings (SSSR count). The molecule has 33 heavy (non-hydrogen) atoms.